The average molecular weight is 267 g/mol. The summed E-state index contributed by atoms with van der Waals surface area (Å²) in [4.78, 5) is 2.06. The third kappa shape index (κ3) is 4.50. The number of nitrogens with zero attached hydrogens (tertiary/aromatic N) is 1. The lowest BCUT2D eigenvalue weighted by molar-refractivity contribution is 0.199. The van der Waals surface area contributed by atoms with Crippen LogP contribution in [-0.2, 0) is 0 Å². The molecule has 19 heavy (non-hydrogen) atoms. The molecule has 3 heteroatoms. The molecule has 1 aromatic carbocycles. The summed E-state index contributed by atoms with van der Waals surface area (Å²) in [7, 11) is 0. The molecule has 0 unspecified atom stereocenters. The van der Waals surface area contributed by atoms with Crippen molar-refractivity contribution in [3.05, 3.63) is 29.6 Å². The Labute approximate surface area is 116 Å². The van der Waals surface area contributed by atoms with Crippen LogP contribution in [0.25, 0.3) is 0 Å². The summed E-state index contributed by atoms with van der Waals surface area (Å²) in [5, 5.41) is 9.85. The monoisotopic (exact) mass is 267 g/mol. The van der Waals surface area contributed by atoms with Crippen LogP contribution in [0.3, 0.4) is 0 Å². The van der Waals surface area contributed by atoms with Crippen molar-refractivity contribution in [3.63, 3.8) is 0 Å². The SMILES string of the molecule is CC(C)CN(CC(C)C)c1c(F)cccc1[C@@H](C)O. The second kappa shape index (κ2) is 6.90. The standard InChI is InChI=1S/C16H26FNO/c1-11(2)9-18(10-12(3)4)16-14(13(5)19)7-6-8-15(16)17/h6-8,11-13,19H,9-10H2,1-5H3/t13-/m1/s1. The van der Waals surface area contributed by atoms with Crippen LogP contribution >= 0.6 is 0 Å². The summed E-state index contributed by atoms with van der Waals surface area (Å²) < 4.78 is 14.2. The zero-order valence-electron chi connectivity index (χ0n) is 12.7. The first kappa shape index (κ1) is 16.0. The zero-order chi connectivity index (χ0) is 14.6. The number of para-hydroxylation sites is 1. The fraction of sp³-hybridized carbons (Fsp3) is 0.625. The molecule has 2 nitrogen and oxygen atoms in total. The van der Waals surface area contributed by atoms with Crippen molar-refractivity contribution in [1.29, 1.82) is 0 Å². The number of benzene rings is 1. The highest BCUT2D eigenvalue weighted by atomic mass is 19.1. The lowest BCUT2D eigenvalue weighted by atomic mass is 10.0. The van der Waals surface area contributed by atoms with Gasteiger partial charge in [-0.25, -0.2) is 4.39 Å². The van der Waals surface area contributed by atoms with Gasteiger partial charge in [-0.3, -0.25) is 0 Å². The lowest BCUT2D eigenvalue weighted by Gasteiger charge is -2.31. The number of rotatable bonds is 6. The Hall–Kier alpha value is -1.09. The highest BCUT2D eigenvalue weighted by Crippen LogP contribution is 2.30. The van der Waals surface area contributed by atoms with E-state index in [0.29, 0.717) is 23.1 Å². The van der Waals surface area contributed by atoms with Crippen LogP contribution in [0.1, 0.15) is 46.3 Å². The molecule has 0 aliphatic rings. The van der Waals surface area contributed by atoms with Gasteiger partial charge in [0.15, 0.2) is 0 Å². The van der Waals surface area contributed by atoms with E-state index < -0.39 is 6.10 Å². The number of anilines is 1. The van der Waals surface area contributed by atoms with Crippen molar-refractivity contribution in [1.82, 2.24) is 0 Å². The Balaban J connectivity index is 3.19. The summed E-state index contributed by atoms with van der Waals surface area (Å²) in [5.74, 6) is 0.639. The van der Waals surface area contributed by atoms with Crippen LogP contribution in [-0.4, -0.2) is 18.2 Å². The smallest absolute Gasteiger partial charge is 0.146 e. The Morgan fingerprint density at radius 1 is 1.05 bits per heavy atom. The molecule has 0 fully saturated rings. The van der Waals surface area contributed by atoms with Crippen molar-refractivity contribution in [2.45, 2.75) is 40.7 Å². The second-order valence-corrected chi connectivity index (χ2v) is 6.05. The quantitative estimate of drug-likeness (QED) is 0.842. The number of aliphatic hydroxyl groups excluding tert-OH is 1. The highest BCUT2D eigenvalue weighted by Gasteiger charge is 2.20. The van der Waals surface area contributed by atoms with Gasteiger partial charge in [0.2, 0.25) is 0 Å². The molecule has 0 aromatic heterocycles. The van der Waals surface area contributed by atoms with Gasteiger partial charge >= 0.3 is 0 Å². The molecule has 0 radical (unpaired) electrons. The first-order chi connectivity index (χ1) is 8.82. The Kier molecular flexibility index (Phi) is 5.80. The van der Waals surface area contributed by atoms with Crippen molar-refractivity contribution in [3.8, 4) is 0 Å². The molecular formula is C16H26FNO. The maximum absolute atomic E-state index is 14.2. The van der Waals surface area contributed by atoms with Crippen molar-refractivity contribution in [2.75, 3.05) is 18.0 Å². The molecule has 1 aromatic rings. The summed E-state index contributed by atoms with van der Waals surface area (Å²) >= 11 is 0. The van der Waals surface area contributed by atoms with E-state index in [2.05, 4.69) is 32.6 Å². The van der Waals surface area contributed by atoms with Crippen LogP contribution in [0.5, 0.6) is 0 Å². The van der Waals surface area contributed by atoms with Gasteiger partial charge in [0.25, 0.3) is 0 Å². The van der Waals surface area contributed by atoms with Crippen LogP contribution in [0.15, 0.2) is 18.2 Å². The third-order valence-electron chi connectivity index (χ3n) is 2.96. The van der Waals surface area contributed by atoms with E-state index in [-0.39, 0.29) is 5.82 Å². The maximum Gasteiger partial charge on any atom is 0.146 e. The first-order valence-electron chi connectivity index (χ1n) is 7.04. The van der Waals surface area contributed by atoms with E-state index in [9.17, 15) is 9.50 Å². The summed E-state index contributed by atoms with van der Waals surface area (Å²) in [6.45, 7) is 11.7. The summed E-state index contributed by atoms with van der Waals surface area (Å²) in [6.07, 6.45) is -0.660. The van der Waals surface area contributed by atoms with Gasteiger partial charge in [-0.2, -0.15) is 0 Å². The topological polar surface area (TPSA) is 23.5 Å². The Morgan fingerprint density at radius 2 is 1.58 bits per heavy atom. The minimum atomic E-state index is -0.660. The van der Waals surface area contributed by atoms with Crippen LogP contribution in [0.4, 0.5) is 10.1 Å². The van der Waals surface area contributed by atoms with Crippen LogP contribution in [0.2, 0.25) is 0 Å². The van der Waals surface area contributed by atoms with Crippen molar-refractivity contribution >= 4 is 5.69 Å². The molecule has 0 aliphatic heterocycles. The molecule has 0 saturated heterocycles. The molecule has 0 heterocycles. The highest BCUT2D eigenvalue weighted by molar-refractivity contribution is 5.56. The van der Waals surface area contributed by atoms with E-state index in [4.69, 9.17) is 0 Å². The minimum absolute atomic E-state index is 0.250. The number of halogens is 1. The minimum Gasteiger partial charge on any atom is -0.389 e. The number of aliphatic hydroxyl groups is 1. The van der Waals surface area contributed by atoms with Gasteiger partial charge in [0.1, 0.15) is 5.82 Å². The second-order valence-electron chi connectivity index (χ2n) is 6.05. The van der Waals surface area contributed by atoms with E-state index in [1.807, 2.05) is 0 Å². The molecule has 1 N–H and O–H groups in total. The maximum atomic E-state index is 14.2. The van der Waals surface area contributed by atoms with Gasteiger partial charge in [0, 0.05) is 18.7 Å². The van der Waals surface area contributed by atoms with Gasteiger partial charge < -0.3 is 10.0 Å². The van der Waals surface area contributed by atoms with Crippen LogP contribution < -0.4 is 4.90 Å². The van der Waals surface area contributed by atoms with Crippen LogP contribution in [0, 0.1) is 17.7 Å². The number of hydrogen-bond donors (Lipinski definition) is 1. The Morgan fingerprint density at radius 3 is 2.00 bits per heavy atom. The molecule has 0 aliphatic carbocycles. The zero-order valence-corrected chi connectivity index (χ0v) is 12.7. The Bertz CT molecular complexity index is 392. The van der Waals surface area contributed by atoms with E-state index in [1.54, 1.807) is 19.1 Å². The molecule has 0 amide bonds. The predicted molar refractivity (Wildman–Crippen MR) is 78.9 cm³/mol. The summed E-state index contributed by atoms with van der Waals surface area (Å²) in [5.41, 5.74) is 1.22. The molecular weight excluding hydrogens is 241 g/mol. The van der Waals surface area contributed by atoms with Gasteiger partial charge in [-0.05, 0) is 24.8 Å². The summed E-state index contributed by atoms with van der Waals surface area (Å²) in [6, 6.07) is 4.93. The molecule has 1 atom stereocenters. The molecule has 108 valence electrons. The predicted octanol–water partition coefficient (Wildman–Crippen LogP) is 4.00. The third-order valence-corrected chi connectivity index (χ3v) is 2.96. The van der Waals surface area contributed by atoms with Crippen molar-refractivity contribution in [2.24, 2.45) is 11.8 Å². The average Bonchev–Trinajstić information content (AvgIpc) is 2.26. The van der Waals surface area contributed by atoms with E-state index in [1.165, 1.54) is 6.07 Å². The fourth-order valence-electron chi connectivity index (χ4n) is 2.34. The largest absolute Gasteiger partial charge is 0.389 e. The molecule has 0 spiro atoms. The van der Waals surface area contributed by atoms with E-state index >= 15 is 0 Å². The molecule has 0 bridgehead atoms. The molecule has 0 saturated carbocycles. The first-order valence-corrected chi connectivity index (χ1v) is 7.04. The normalized spacial score (nSPS) is 13.1. The number of hydrogen-bond acceptors (Lipinski definition) is 2. The lowest BCUT2D eigenvalue weighted by Crippen LogP contribution is -2.33. The fourth-order valence-corrected chi connectivity index (χ4v) is 2.34. The van der Waals surface area contributed by atoms with Gasteiger partial charge in [-0.15, -0.1) is 0 Å². The van der Waals surface area contributed by atoms with E-state index in [0.717, 1.165) is 13.1 Å². The molecule has 1 rings (SSSR count). The van der Waals surface area contributed by atoms with Gasteiger partial charge in [0.05, 0.1) is 11.8 Å². The van der Waals surface area contributed by atoms with Crippen molar-refractivity contribution < 1.29 is 9.50 Å². The van der Waals surface area contributed by atoms with Gasteiger partial charge in [-0.1, -0.05) is 39.8 Å².